The topological polar surface area (TPSA) is 50.5 Å². The van der Waals surface area contributed by atoms with Crippen molar-refractivity contribution in [2.45, 2.75) is 19.5 Å². The quantitative estimate of drug-likeness (QED) is 0.899. The van der Waals surface area contributed by atoms with Crippen molar-refractivity contribution >= 4 is 11.1 Å². The largest absolute Gasteiger partial charge is 0.439 e. The number of nitrogens with zero attached hydrogens (tertiary/aromatic N) is 2. The Kier molecular flexibility index (Phi) is 4.30. The van der Waals surface area contributed by atoms with Gasteiger partial charge in [-0.2, -0.15) is 0 Å². The molecule has 0 amide bonds. The van der Waals surface area contributed by atoms with E-state index in [1.54, 1.807) is 0 Å². The van der Waals surface area contributed by atoms with Crippen LogP contribution < -0.4 is 5.32 Å². The van der Waals surface area contributed by atoms with E-state index in [0.717, 1.165) is 49.8 Å². The summed E-state index contributed by atoms with van der Waals surface area (Å²) in [6, 6.07) is 8.26. The molecule has 1 unspecified atom stereocenters. The van der Waals surface area contributed by atoms with E-state index in [1.807, 2.05) is 24.3 Å². The molecular formula is C15H21N3O2. The summed E-state index contributed by atoms with van der Waals surface area (Å²) < 4.78 is 11.1. The van der Waals surface area contributed by atoms with Crippen LogP contribution in [0.5, 0.6) is 0 Å². The number of oxazole rings is 1. The molecule has 1 aliphatic heterocycles. The fourth-order valence-electron chi connectivity index (χ4n) is 2.49. The van der Waals surface area contributed by atoms with Crippen molar-refractivity contribution < 1.29 is 9.15 Å². The molecule has 1 atom stereocenters. The van der Waals surface area contributed by atoms with Gasteiger partial charge in [-0.1, -0.05) is 12.1 Å². The van der Waals surface area contributed by atoms with Crippen molar-refractivity contribution in [2.75, 3.05) is 32.8 Å². The second-order valence-corrected chi connectivity index (χ2v) is 5.27. The molecule has 0 aliphatic carbocycles. The maximum absolute atomic E-state index is 5.70. The lowest BCUT2D eigenvalue weighted by atomic mass is 10.3. The van der Waals surface area contributed by atoms with E-state index in [4.69, 9.17) is 9.15 Å². The number of aromatic nitrogens is 1. The molecule has 1 aliphatic rings. The summed E-state index contributed by atoms with van der Waals surface area (Å²) in [6.45, 7) is 7.63. The van der Waals surface area contributed by atoms with Crippen LogP contribution in [0.2, 0.25) is 0 Å². The molecule has 0 saturated carbocycles. The number of benzene rings is 1. The summed E-state index contributed by atoms with van der Waals surface area (Å²) >= 11 is 0. The molecule has 1 aromatic carbocycles. The highest BCUT2D eigenvalue weighted by Gasteiger charge is 2.14. The number of morpholine rings is 1. The summed E-state index contributed by atoms with van der Waals surface area (Å²) in [6.07, 6.45) is 0. The molecule has 0 spiro atoms. The van der Waals surface area contributed by atoms with Crippen molar-refractivity contribution in [3.63, 3.8) is 0 Å². The van der Waals surface area contributed by atoms with Crippen molar-refractivity contribution in [1.82, 2.24) is 15.2 Å². The summed E-state index contributed by atoms with van der Waals surface area (Å²) in [7, 11) is 0. The first-order valence-electron chi connectivity index (χ1n) is 7.19. The third-order valence-electron chi connectivity index (χ3n) is 3.58. The Labute approximate surface area is 118 Å². The van der Waals surface area contributed by atoms with E-state index in [2.05, 4.69) is 22.1 Å². The first-order valence-corrected chi connectivity index (χ1v) is 7.19. The molecule has 108 valence electrons. The van der Waals surface area contributed by atoms with Crippen LogP contribution in [0.4, 0.5) is 0 Å². The highest BCUT2D eigenvalue weighted by Crippen LogP contribution is 2.14. The Hall–Kier alpha value is -1.43. The average molecular weight is 275 g/mol. The number of hydrogen-bond donors (Lipinski definition) is 1. The van der Waals surface area contributed by atoms with Gasteiger partial charge in [-0.05, 0) is 19.1 Å². The fourth-order valence-corrected chi connectivity index (χ4v) is 2.49. The van der Waals surface area contributed by atoms with Gasteiger partial charge in [0.25, 0.3) is 0 Å². The van der Waals surface area contributed by atoms with Crippen LogP contribution in [-0.4, -0.2) is 48.8 Å². The predicted molar refractivity (Wildman–Crippen MR) is 77.6 cm³/mol. The SMILES string of the molecule is CC(CN1CCOCC1)NCc1nc2ccccc2o1. The van der Waals surface area contributed by atoms with Gasteiger partial charge in [0.05, 0.1) is 19.8 Å². The Bertz CT molecular complexity index is 516. The second-order valence-electron chi connectivity index (χ2n) is 5.27. The number of hydrogen-bond acceptors (Lipinski definition) is 5. The zero-order valence-electron chi connectivity index (χ0n) is 11.8. The number of nitrogens with one attached hydrogen (secondary N) is 1. The summed E-state index contributed by atoms with van der Waals surface area (Å²) in [4.78, 5) is 6.89. The van der Waals surface area contributed by atoms with E-state index in [0.29, 0.717) is 12.6 Å². The lowest BCUT2D eigenvalue weighted by Crippen LogP contribution is -2.44. The number of rotatable bonds is 5. The minimum absolute atomic E-state index is 0.406. The molecule has 1 fully saturated rings. The van der Waals surface area contributed by atoms with Gasteiger partial charge in [0.1, 0.15) is 5.52 Å². The molecule has 2 heterocycles. The first-order chi connectivity index (χ1) is 9.81. The van der Waals surface area contributed by atoms with E-state index < -0.39 is 0 Å². The van der Waals surface area contributed by atoms with Crippen molar-refractivity contribution in [1.29, 1.82) is 0 Å². The molecule has 0 bridgehead atoms. The van der Waals surface area contributed by atoms with E-state index in [1.165, 1.54) is 0 Å². The third kappa shape index (κ3) is 3.36. The van der Waals surface area contributed by atoms with Gasteiger partial charge in [0.15, 0.2) is 5.58 Å². The van der Waals surface area contributed by atoms with Gasteiger partial charge in [-0.3, -0.25) is 4.90 Å². The van der Waals surface area contributed by atoms with Crippen molar-refractivity contribution in [3.8, 4) is 0 Å². The highest BCUT2D eigenvalue weighted by atomic mass is 16.5. The highest BCUT2D eigenvalue weighted by molar-refractivity contribution is 5.72. The van der Waals surface area contributed by atoms with Gasteiger partial charge < -0.3 is 14.5 Å². The molecule has 1 N–H and O–H groups in total. The normalized spacial score (nSPS) is 18.4. The van der Waals surface area contributed by atoms with Crippen LogP contribution in [0.1, 0.15) is 12.8 Å². The predicted octanol–water partition coefficient (Wildman–Crippen LogP) is 1.64. The van der Waals surface area contributed by atoms with Gasteiger partial charge in [-0.25, -0.2) is 4.98 Å². The molecule has 0 radical (unpaired) electrons. The monoisotopic (exact) mass is 275 g/mol. The maximum Gasteiger partial charge on any atom is 0.209 e. The van der Waals surface area contributed by atoms with Crippen molar-refractivity contribution in [2.24, 2.45) is 0 Å². The standard InChI is InChI=1S/C15H21N3O2/c1-12(11-18-6-8-19-9-7-18)16-10-15-17-13-4-2-3-5-14(13)20-15/h2-5,12,16H,6-11H2,1H3. The lowest BCUT2D eigenvalue weighted by Gasteiger charge is -2.29. The molecule has 2 aromatic rings. The Morgan fingerprint density at radius 2 is 2.10 bits per heavy atom. The molecule has 3 rings (SSSR count). The molecule has 5 heteroatoms. The van der Waals surface area contributed by atoms with Gasteiger partial charge >= 0.3 is 0 Å². The number of fused-ring (bicyclic) bond motifs is 1. The number of para-hydroxylation sites is 2. The van der Waals surface area contributed by atoms with E-state index in [-0.39, 0.29) is 0 Å². The van der Waals surface area contributed by atoms with Crippen LogP contribution in [0, 0.1) is 0 Å². The first kappa shape index (κ1) is 13.5. The van der Waals surface area contributed by atoms with Gasteiger partial charge in [0, 0.05) is 25.7 Å². The third-order valence-corrected chi connectivity index (χ3v) is 3.58. The Morgan fingerprint density at radius 3 is 2.90 bits per heavy atom. The van der Waals surface area contributed by atoms with Crippen LogP contribution in [-0.2, 0) is 11.3 Å². The van der Waals surface area contributed by atoms with Gasteiger partial charge in [-0.15, -0.1) is 0 Å². The second kappa shape index (κ2) is 6.35. The minimum atomic E-state index is 0.406. The van der Waals surface area contributed by atoms with Crippen LogP contribution in [0.3, 0.4) is 0 Å². The maximum atomic E-state index is 5.70. The summed E-state index contributed by atoms with van der Waals surface area (Å²) in [5.74, 6) is 0.750. The van der Waals surface area contributed by atoms with Crippen LogP contribution in [0.25, 0.3) is 11.1 Å². The van der Waals surface area contributed by atoms with E-state index >= 15 is 0 Å². The van der Waals surface area contributed by atoms with Crippen LogP contribution in [0.15, 0.2) is 28.7 Å². The van der Waals surface area contributed by atoms with Crippen molar-refractivity contribution in [3.05, 3.63) is 30.2 Å². The molecule has 1 saturated heterocycles. The zero-order chi connectivity index (χ0) is 13.8. The minimum Gasteiger partial charge on any atom is -0.439 e. The molecular weight excluding hydrogens is 254 g/mol. The zero-order valence-corrected chi connectivity index (χ0v) is 11.8. The lowest BCUT2D eigenvalue weighted by molar-refractivity contribution is 0.0342. The fraction of sp³-hybridized carbons (Fsp3) is 0.533. The summed E-state index contributed by atoms with van der Waals surface area (Å²) in [5.41, 5.74) is 1.77. The Balaban J connectivity index is 1.50. The molecule has 20 heavy (non-hydrogen) atoms. The Morgan fingerprint density at radius 1 is 1.30 bits per heavy atom. The molecule has 1 aromatic heterocycles. The summed E-state index contributed by atoms with van der Waals surface area (Å²) in [5, 5.41) is 3.47. The smallest absolute Gasteiger partial charge is 0.209 e. The van der Waals surface area contributed by atoms with Gasteiger partial charge in [0.2, 0.25) is 5.89 Å². The van der Waals surface area contributed by atoms with E-state index in [9.17, 15) is 0 Å². The number of ether oxygens (including phenoxy) is 1. The van der Waals surface area contributed by atoms with Crippen LogP contribution >= 0.6 is 0 Å². The average Bonchev–Trinajstić information content (AvgIpc) is 2.89. The molecule has 5 nitrogen and oxygen atoms in total.